The third-order valence-corrected chi connectivity index (χ3v) is 5.86. The van der Waals surface area contributed by atoms with Crippen molar-refractivity contribution < 1.29 is 23.8 Å². The number of aromatic amines is 1. The fourth-order valence-electron chi connectivity index (χ4n) is 4.26. The van der Waals surface area contributed by atoms with Gasteiger partial charge < -0.3 is 24.6 Å². The van der Waals surface area contributed by atoms with Crippen LogP contribution in [0.15, 0.2) is 48.6 Å². The molecule has 0 bridgehead atoms. The van der Waals surface area contributed by atoms with E-state index >= 15 is 0 Å². The molecule has 166 valence electrons. The number of nitrogens with zero attached hydrogens (tertiary/aromatic N) is 2. The Labute approximate surface area is 184 Å². The highest BCUT2D eigenvalue weighted by molar-refractivity contribution is 5.87. The molecule has 4 rings (SSSR count). The van der Waals surface area contributed by atoms with Gasteiger partial charge in [-0.1, -0.05) is 6.58 Å². The van der Waals surface area contributed by atoms with Gasteiger partial charge in [0.15, 0.2) is 0 Å². The monoisotopic (exact) mass is 437 g/mol. The zero-order valence-electron chi connectivity index (χ0n) is 17.9. The number of H-pyrrole nitrogens is 1. The van der Waals surface area contributed by atoms with E-state index in [1.807, 2.05) is 31.0 Å². The van der Waals surface area contributed by atoms with Crippen LogP contribution in [0.2, 0.25) is 0 Å². The normalized spacial score (nSPS) is 15.3. The summed E-state index contributed by atoms with van der Waals surface area (Å²) in [6.45, 7) is 5.74. The van der Waals surface area contributed by atoms with E-state index in [2.05, 4.69) is 11.6 Å². The number of aryl methyl sites for hydroxylation is 1. The molecule has 0 saturated heterocycles. The van der Waals surface area contributed by atoms with Crippen molar-refractivity contribution in [2.45, 2.75) is 19.5 Å². The number of amides is 1. The maximum Gasteiger partial charge on any atom is 0.334 e. The van der Waals surface area contributed by atoms with Crippen LogP contribution in [0.25, 0.3) is 10.9 Å². The number of anilines is 1. The second-order valence-electron chi connectivity index (χ2n) is 7.93. The number of benzene rings is 2. The maximum absolute atomic E-state index is 13.6. The first-order chi connectivity index (χ1) is 15.3. The molecule has 2 heterocycles. The number of fused-ring (bicyclic) bond motifs is 3. The van der Waals surface area contributed by atoms with Crippen LogP contribution in [0, 0.1) is 12.7 Å². The average molecular weight is 437 g/mol. The summed E-state index contributed by atoms with van der Waals surface area (Å²) in [5.74, 6) is -0.861. The minimum absolute atomic E-state index is 0.0285. The topological polar surface area (TPSA) is 85.9 Å². The zero-order valence-corrected chi connectivity index (χ0v) is 17.9. The van der Waals surface area contributed by atoms with E-state index in [-0.39, 0.29) is 24.2 Å². The molecule has 1 aliphatic rings. The number of aliphatic carboxylic acids is 1. The molecule has 0 radical (unpaired) electrons. The standard InChI is InChI=1S/C24H24FN3O4/c1-14-10-16(25)4-7-21(14)27(3)23-22-18(8-9-28(23)13-29)19-11-17(5-6-20(19)26-22)32-12-15(2)24(30)31/h4-7,10-11,13,23,26H,2,8-9,12H2,1,3H3,(H,30,31). The van der Waals surface area contributed by atoms with Gasteiger partial charge in [0.2, 0.25) is 6.41 Å². The maximum atomic E-state index is 13.6. The third kappa shape index (κ3) is 3.79. The molecule has 1 aromatic heterocycles. The second-order valence-corrected chi connectivity index (χ2v) is 7.93. The molecule has 0 spiro atoms. The number of ether oxygens (including phenoxy) is 1. The number of carboxylic acids is 1. The number of rotatable bonds is 7. The van der Waals surface area contributed by atoms with Crippen LogP contribution >= 0.6 is 0 Å². The Bertz CT molecular complexity index is 1220. The summed E-state index contributed by atoms with van der Waals surface area (Å²) in [5.41, 5.74) is 4.41. The van der Waals surface area contributed by atoms with Crippen molar-refractivity contribution in [1.82, 2.24) is 9.88 Å². The SMILES string of the molecule is C=C(COc1ccc2[nH]c3c(c2c1)CCN(C=O)C3N(C)c1ccc(F)cc1C)C(=O)O. The van der Waals surface area contributed by atoms with E-state index in [1.54, 1.807) is 17.0 Å². The molecule has 2 aromatic carbocycles. The highest BCUT2D eigenvalue weighted by Crippen LogP contribution is 2.39. The predicted molar refractivity (Wildman–Crippen MR) is 119 cm³/mol. The lowest BCUT2D eigenvalue weighted by Crippen LogP contribution is -2.43. The van der Waals surface area contributed by atoms with Crippen molar-refractivity contribution in [3.05, 3.63) is 71.2 Å². The van der Waals surface area contributed by atoms with Gasteiger partial charge in [0.05, 0.1) is 11.3 Å². The summed E-state index contributed by atoms with van der Waals surface area (Å²) < 4.78 is 19.2. The fourth-order valence-corrected chi connectivity index (χ4v) is 4.26. The highest BCUT2D eigenvalue weighted by atomic mass is 19.1. The van der Waals surface area contributed by atoms with Crippen LogP contribution in [-0.2, 0) is 16.0 Å². The van der Waals surface area contributed by atoms with Crippen LogP contribution < -0.4 is 9.64 Å². The molecule has 2 N–H and O–H groups in total. The molecule has 1 unspecified atom stereocenters. The Balaban J connectivity index is 1.72. The van der Waals surface area contributed by atoms with Crippen molar-refractivity contribution in [3.8, 4) is 5.75 Å². The van der Waals surface area contributed by atoms with Gasteiger partial charge in [-0.05, 0) is 60.9 Å². The number of carbonyl (C=O) groups is 2. The number of carbonyl (C=O) groups excluding carboxylic acids is 1. The van der Waals surface area contributed by atoms with Gasteiger partial charge in [0, 0.05) is 30.2 Å². The molecule has 1 atom stereocenters. The lowest BCUT2D eigenvalue weighted by atomic mass is 10.00. The van der Waals surface area contributed by atoms with E-state index in [0.717, 1.165) is 39.8 Å². The molecule has 0 saturated carbocycles. The number of hydrogen-bond acceptors (Lipinski definition) is 4. The van der Waals surface area contributed by atoms with Crippen molar-refractivity contribution in [3.63, 3.8) is 0 Å². The number of aromatic nitrogens is 1. The van der Waals surface area contributed by atoms with E-state index in [1.165, 1.54) is 12.1 Å². The fraction of sp³-hybridized carbons (Fsp3) is 0.250. The number of hydrogen-bond donors (Lipinski definition) is 2. The van der Waals surface area contributed by atoms with Gasteiger partial charge in [-0.15, -0.1) is 0 Å². The first kappa shape index (κ1) is 21.4. The second kappa shape index (κ2) is 8.37. The molecule has 1 amide bonds. The molecule has 0 fully saturated rings. The van der Waals surface area contributed by atoms with E-state index in [0.29, 0.717) is 18.7 Å². The Kier molecular flexibility index (Phi) is 5.61. The lowest BCUT2D eigenvalue weighted by Gasteiger charge is -2.40. The van der Waals surface area contributed by atoms with Gasteiger partial charge in [-0.2, -0.15) is 0 Å². The zero-order chi connectivity index (χ0) is 23.0. The Hall–Kier alpha value is -3.81. The number of carboxylic acid groups (broad SMARTS) is 1. The number of nitrogens with one attached hydrogen (secondary N) is 1. The molecular formula is C24H24FN3O4. The highest BCUT2D eigenvalue weighted by Gasteiger charge is 2.33. The van der Waals surface area contributed by atoms with Gasteiger partial charge >= 0.3 is 5.97 Å². The Morgan fingerprint density at radius 3 is 2.84 bits per heavy atom. The van der Waals surface area contributed by atoms with E-state index < -0.39 is 5.97 Å². The molecular weight excluding hydrogens is 413 g/mol. The van der Waals surface area contributed by atoms with Crippen LogP contribution in [0.5, 0.6) is 5.75 Å². The van der Waals surface area contributed by atoms with Crippen LogP contribution in [0.3, 0.4) is 0 Å². The summed E-state index contributed by atoms with van der Waals surface area (Å²) in [4.78, 5) is 30.0. The van der Waals surface area contributed by atoms with Crippen LogP contribution in [-0.4, -0.2) is 47.6 Å². The Morgan fingerprint density at radius 1 is 1.38 bits per heavy atom. The summed E-state index contributed by atoms with van der Waals surface area (Å²) in [6.07, 6.45) is 1.11. The van der Waals surface area contributed by atoms with E-state index in [4.69, 9.17) is 9.84 Å². The molecule has 7 nitrogen and oxygen atoms in total. The summed E-state index contributed by atoms with van der Waals surface area (Å²) in [7, 11) is 1.88. The van der Waals surface area contributed by atoms with Crippen molar-refractivity contribution >= 4 is 29.0 Å². The first-order valence-corrected chi connectivity index (χ1v) is 10.2. The Morgan fingerprint density at radius 2 is 2.16 bits per heavy atom. The molecule has 1 aliphatic heterocycles. The van der Waals surface area contributed by atoms with Gasteiger partial charge in [-0.3, -0.25) is 4.79 Å². The van der Waals surface area contributed by atoms with Crippen molar-refractivity contribution in [1.29, 1.82) is 0 Å². The van der Waals surface area contributed by atoms with Gasteiger partial charge in [0.1, 0.15) is 24.3 Å². The molecule has 32 heavy (non-hydrogen) atoms. The summed E-state index contributed by atoms with van der Waals surface area (Å²) in [5, 5.41) is 9.93. The molecule has 3 aromatic rings. The summed E-state index contributed by atoms with van der Waals surface area (Å²) >= 11 is 0. The molecule has 8 heteroatoms. The van der Waals surface area contributed by atoms with Gasteiger partial charge in [0.25, 0.3) is 0 Å². The van der Waals surface area contributed by atoms with Crippen molar-refractivity contribution in [2.24, 2.45) is 0 Å². The van der Waals surface area contributed by atoms with Gasteiger partial charge in [-0.25, -0.2) is 9.18 Å². The lowest BCUT2D eigenvalue weighted by molar-refractivity contribution is -0.133. The van der Waals surface area contributed by atoms with Crippen LogP contribution in [0.4, 0.5) is 10.1 Å². The third-order valence-electron chi connectivity index (χ3n) is 5.86. The largest absolute Gasteiger partial charge is 0.489 e. The van der Waals surface area contributed by atoms with Crippen molar-refractivity contribution in [2.75, 3.05) is 25.1 Å². The molecule has 0 aliphatic carbocycles. The minimum Gasteiger partial charge on any atom is -0.489 e. The summed E-state index contributed by atoms with van der Waals surface area (Å²) in [6, 6.07) is 10.1. The number of halogens is 1. The first-order valence-electron chi connectivity index (χ1n) is 10.2. The quantitative estimate of drug-likeness (QED) is 0.434. The van der Waals surface area contributed by atoms with E-state index in [9.17, 15) is 14.0 Å². The smallest absolute Gasteiger partial charge is 0.334 e. The minimum atomic E-state index is -1.10. The average Bonchev–Trinajstić information content (AvgIpc) is 3.14. The van der Waals surface area contributed by atoms with Crippen LogP contribution in [0.1, 0.15) is 23.0 Å². The predicted octanol–water partition coefficient (Wildman–Crippen LogP) is 3.78.